The van der Waals surface area contributed by atoms with E-state index in [-0.39, 0.29) is 0 Å². The quantitative estimate of drug-likeness (QED) is 0.835. The maximum atomic E-state index is 6.06. The largest absolute Gasteiger partial charge is 0.476 e. The zero-order chi connectivity index (χ0) is 13.2. The van der Waals surface area contributed by atoms with Gasteiger partial charge in [-0.15, -0.1) is 10.2 Å². The lowest BCUT2D eigenvalue weighted by atomic mass is 10.3. The molecule has 8 heteroatoms. The molecule has 100 valence electrons. The fourth-order valence-corrected chi connectivity index (χ4v) is 2.12. The van der Waals surface area contributed by atoms with Crippen LogP contribution in [0.5, 0.6) is 5.88 Å². The number of nitrogen functional groups attached to an aromatic ring is 1. The molecule has 0 bridgehead atoms. The third-order valence-electron chi connectivity index (χ3n) is 3.05. The van der Waals surface area contributed by atoms with E-state index in [9.17, 15) is 0 Å². The first-order valence-electron chi connectivity index (χ1n) is 6.14. The highest BCUT2D eigenvalue weighted by atomic mass is 16.5. The molecule has 0 aromatic carbocycles. The molecule has 0 unspecified atom stereocenters. The van der Waals surface area contributed by atoms with Crippen LogP contribution in [0.3, 0.4) is 0 Å². The van der Waals surface area contributed by atoms with Gasteiger partial charge in [-0.25, -0.2) is 4.98 Å². The summed E-state index contributed by atoms with van der Waals surface area (Å²) in [6.07, 6.45) is 3.21. The second kappa shape index (κ2) is 4.71. The predicted octanol–water partition coefficient (Wildman–Crippen LogP) is 0.0692. The Balaban J connectivity index is 1.89. The fraction of sp³-hybridized carbons (Fsp3) is 0.455. The smallest absolute Gasteiger partial charge is 0.242 e. The van der Waals surface area contributed by atoms with Crippen molar-refractivity contribution in [2.45, 2.75) is 20.0 Å². The van der Waals surface area contributed by atoms with Crippen molar-refractivity contribution in [3.63, 3.8) is 0 Å². The van der Waals surface area contributed by atoms with Gasteiger partial charge in [0.2, 0.25) is 5.88 Å². The Morgan fingerprint density at radius 2 is 2.26 bits per heavy atom. The maximum absolute atomic E-state index is 6.06. The molecule has 0 saturated carbocycles. The van der Waals surface area contributed by atoms with Crippen molar-refractivity contribution in [2.75, 3.05) is 23.8 Å². The van der Waals surface area contributed by atoms with Crippen LogP contribution in [0.1, 0.15) is 12.7 Å². The summed E-state index contributed by atoms with van der Waals surface area (Å²) in [7, 11) is 0. The number of hydrogen-bond donors (Lipinski definition) is 1. The number of fused-ring (bicyclic) bond motifs is 1. The Labute approximate surface area is 110 Å². The third kappa shape index (κ3) is 2.05. The van der Waals surface area contributed by atoms with Gasteiger partial charge in [-0.05, 0) is 6.92 Å². The van der Waals surface area contributed by atoms with E-state index in [0.29, 0.717) is 30.5 Å². The van der Waals surface area contributed by atoms with Crippen molar-refractivity contribution >= 4 is 11.5 Å². The second-order valence-corrected chi connectivity index (χ2v) is 4.21. The Morgan fingerprint density at radius 1 is 1.37 bits per heavy atom. The molecule has 0 atom stereocenters. The Hall–Kier alpha value is -2.38. The summed E-state index contributed by atoms with van der Waals surface area (Å²) in [5.41, 5.74) is 6.53. The average molecular weight is 261 g/mol. The number of aromatic nitrogens is 5. The summed E-state index contributed by atoms with van der Waals surface area (Å²) < 4.78 is 7.41. The van der Waals surface area contributed by atoms with Gasteiger partial charge in [-0.1, -0.05) is 0 Å². The van der Waals surface area contributed by atoms with E-state index in [1.54, 1.807) is 6.33 Å². The van der Waals surface area contributed by atoms with E-state index in [4.69, 9.17) is 10.5 Å². The summed E-state index contributed by atoms with van der Waals surface area (Å²) in [6, 6.07) is 0. The first-order chi connectivity index (χ1) is 9.29. The van der Waals surface area contributed by atoms with Gasteiger partial charge in [-0.2, -0.15) is 4.98 Å². The molecule has 3 rings (SSSR count). The standard InChI is InChI=1S/C11H15N7O/c1-2-19-11-9(12)10(13-6-14-11)17-3-4-18-7-15-16-8(18)5-17/h6-7H,2-5,12H2,1H3. The topological polar surface area (TPSA) is 95.0 Å². The average Bonchev–Trinajstić information content (AvgIpc) is 2.88. The Kier molecular flexibility index (Phi) is 2.90. The van der Waals surface area contributed by atoms with Gasteiger partial charge in [0.15, 0.2) is 11.6 Å². The van der Waals surface area contributed by atoms with Crippen LogP contribution in [0.15, 0.2) is 12.7 Å². The van der Waals surface area contributed by atoms with Crippen LogP contribution in [0.4, 0.5) is 11.5 Å². The zero-order valence-corrected chi connectivity index (χ0v) is 10.7. The van der Waals surface area contributed by atoms with Gasteiger partial charge >= 0.3 is 0 Å². The van der Waals surface area contributed by atoms with Crippen LogP contribution in [0.25, 0.3) is 0 Å². The van der Waals surface area contributed by atoms with Crippen molar-refractivity contribution in [3.05, 3.63) is 18.5 Å². The number of anilines is 2. The molecular formula is C11H15N7O. The van der Waals surface area contributed by atoms with Crippen LogP contribution >= 0.6 is 0 Å². The minimum absolute atomic E-state index is 0.430. The highest BCUT2D eigenvalue weighted by Gasteiger charge is 2.22. The summed E-state index contributed by atoms with van der Waals surface area (Å²) >= 11 is 0. The molecule has 0 amide bonds. The molecule has 8 nitrogen and oxygen atoms in total. The van der Waals surface area contributed by atoms with Crippen molar-refractivity contribution < 1.29 is 4.74 Å². The van der Waals surface area contributed by atoms with Crippen LogP contribution in [-0.4, -0.2) is 37.9 Å². The van der Waals surface area contributed by atoms with Crippen LogP contribution in [0.2, 0.25) is 0 Å². The maximum Gasteiger partial charge on any atom is 0.242 e. The van der Waals surface area contributed by atoms with Gasteiger partial charge < -0.3 is 19.9 Å². The number of nitrogens with zero attached hydrogens (tertiary/aromatic N) is 6. The highest BCUT2D eigenvalue weighted by molar-refractivity contribution is 5.67. The molecule has 0 spiro atoms. The van der Waals surface area contributed by atoms with Crippen molar-refractivity contribution in [1.82, 2.24) is 24.7 Å². The minimum atomic E-state index is 0.430. The van der Waals surface area contributed by atoms with Gasteiger partial charge in [0.05, 0.1) is 13.2 Å². The lowest BCUT2D eigenvalue weighted by molar-refractivity contribution is 0.328. The summed E-state index contributed by atoms with van der Waals surface area (Å²) in [6.45, 7) is 4.67. The fourth-order valence-electron chi connectivity index (χ4n) is 2.12. The molecule has 0 saturated heterocycles. The second-order valence-electron chi connectivity index (χ2n) is 4.21. The molecular weight excluding hydrogens is 246 g/mol. The number of ether oxygens (including phenoxy) is 1. The SMILES string of the molecule is CCOc1ncnc(N2CCn3cnnc3C2)c1N. The van der Waals surface area contributed by atoms with E-state index >= 15 is 0 Å². The van der Waals surface area contributed by atoms with Crippen molar-refractivity contribution in [3.8, 4) is 5.88 Å². The molecule has 2 aromatic rings. The monoisotopic (exact) mass is 261 g/mol. The third-order valence-corrected chi connectivity index (χ3v) is 3.05. The number of rotatable bonds is 3. The molecule has 1 aliphatic heterocycles. The van der Waals surface area contributed by atoms with Gasteiger partial charge in [-0.3, -0.25) is 0 Å². The summed E-state index contributed by atoms with van der Waals surface area (Å²) in [5.74, 6) is 2.02. The van der Waals surface area contributed by atoms with E-state index in [2.05, 4.69) is 25.1 Å². The first-order valence-corrected chi connectivity index (χ1v) is 6.14. The van der Waals surface area contributed by atoms with E-state index < -0.39 is 0 Å². The van der Waals surface area contributed by atoms with E-state index in [1.807, 2.05) is 11.5 Å². The van der Waals surface area contributed by atoms with Gasteiger partial charge in [0, 0.05) is 13.1 Å². The van der Waals surface area contributed by atoms with Gasteiger partial charge in [0.25, 0.3) is 0 Å². The van der Waals surface area contributed by atoms with E-state index in [1.165, 1.54) is 6.33 Å². The first kappa shape index (κ1) is 11.7. The number of nitrogens with two attached hydrogens (primary N) is 1. The van der Waals surface area contributed by atoms with Crippen molar-refractivity contribution in [1.29, 1.82) is 0 Å². The molecule has 2 aromatic heterocycles. The minimum Gasteiger partial charge on any atom is -0.476 e. The predicted molar refractivity (Wildman–Crippen MR) is 68.7 cm³/mol. The molecule has 19 heavy (non-hydrogen) atoms. The van der Waals surface area contributed by atoms with Gasteiger partial charge in [0.1, 0.15) is 18.3 Å². The summed E-state index contributed by atoms with van der Waals surface area (Å²) in [5, 5.41) is 7.98. The zero-order valence-electron chi connectivity index (χ0n) is 10.7. The molecule has 3 heterocycles. The summed E-state index contributed by atoms with van der Waals surface area (Å²) in [4.78, 5) is 10.4. The normalized spacial score (nSPS) is 14.3. The molecule has 0 radical (unpaired) electrons. The molecule has 1 aliphatic rings. The van der Waals surface area contributed by atoms with Crippen LogP contribution < -0.4 is 15.4 Å². The molecule has 0 fully saturated rings. The van der Waals surface area contributed by atoms with Crippen LogP contribution in [-0.2, 0) is 13.1 Å². The Bertz CT molecular complexity index is 582. The lowest BCUT2D eigenvalue weighted by Gasteiger charge is -2.28. The lowest BCUT2D eigenvalue weighted by Crippen LogP contribution is -2.34. The number of hydrogen-bond acceptors (Lipinski definition) is 7. The van der Waals surface area contributed by atoms with Crippen LogP contribution in [0, 0.1) is 0 Å². The highest BCUT2D eigenvalue weighted by Crippen LogP contribution is 2.29. The molecule has 2 N–H and O–H groups in total. The molecule has 0 aliphatic carbocycles. The van der Waals surface area contributed by atoms with E-state index in [0.717, 1.165) is 18.9 Å². The van der Waals surface area contributed by atoms with Crippen molar-refractivity contribution in [2.24, 2.45) is 0 Å². The Morgan fingerprint density at radius 3 is 3.11 bits per heavy atom.